The van der Waals surface area contributed by atoms with E-state index < -0.39 is 0 Å². The summed E-state index contributed by atoms with van der Waals surface area (Å²) in [4.78, 5) is 15.6. The molecule has 0 radical (unpaired) electrons. The molecule has 4 nitrogen and oxygen atoms in total. The number of pyridine rings is 1. The third kappa shape index (κ3) is 1.90. The van der Waals surface area contributed by atoms with E-state index in [0.717, 1.165) is 0 Å². The number of oxazole rings is 1. The fourth-order valence-corrected chi connectivity index (χ4v) is 1.52. The van der Waals surface area contributed by atoms with E-state index in [9.17, 15) is 4.79 Å². The van der Waals surface area contributed by atoms with Gasteiger partial charge in [-0.2, -0.15) is 0 Å². The third-order valence-corrected chi connectivity index (χ3v) is 2.71. The van der Waals surface area contributed by atoms with Gasteiger partial charge in [-0.3, -0.25) is 4.57 Å². The van der Waals surface area contributed by atoms with Crippen molar-refractivity contribution < 1.29 is 4.42 Å². The molecule has 2 aromatic heterocycles. The van der Waals surface area contributed by atoms with Gasteiger partial charge in [0.05, 0.1) is 0 Å². The van der Waals surface area contributed by atoms with E-state index in [4.69, 9.17) is 16.0 Å². The second kappa shape index (κ2) is 4.06. The molecule has 0 bridgehead atoms. The average Bonchev–Trinajstić information content (AvgIpc) is 2.55. The SMILES string of the molecule is CC(CCl)Cn1c(=O)oc2cccnc21. The Morgan fingerprint density at radius 2 is 2.47 bits per heavy atom. The van der Waals surface area contributed by atoms with Crippen LogP contribution in [0, 0.1) is 5.92 Å². The molecule has 1 atom stereocenters. The smallest absolute Gasteiger partial charge is 0.406 e. The summed E-state index contributed by atoms with van der Waals surface area (Å²) >= 11 is 5.71. The van der Waals surface area contributed by atoms with Gasteiger partial charge < -0.3 is 4.42 Å². The Hall–Kier alpha value is -1.29. The third-order valence-electron chi connectivity index (χ3n) is 2.18. The number of hydrogen-bond acceptors (Lipinski definition) is 3. The molecule has 15 heavy (non-hydrogen) atoms. The van der Waals surface area contributed by atoms with Gasteiger partial charge in [-0.25, -0.2) is 9.78 Å². The molecule has 2 aromatic rings. The molecular weight excluding hydrogens is 216 g/mol. The highest BCUT2D eigenvalue weighted by Gasteiger charge is 2.11. The minimum Gasteiger partial charge on any atom is -0.406 e. The normalized spacial score (nSPS) is 13.2. The van der Waals surface area contributed by atoms with Gasteiger partial charge in [-0.05, 0) is 18.1 Å². The van der Waals surface area contributed by atoms with E-state index in [1.165, 1.54) is 4.57 Å². The first kappa shape index (κ1) is 10.2. The fourth-order valence-electron chi connectivity index (χ4n) is 1.42. The van der Waals surface area contributed by atoms with Crippen molar-refractivity contribution in [3.05, 3.63) is 28.9 Å². The predicted molar refractivity (Wildman–Crippen MR) is 58.2 cm³/mol. The van der Waals surface area contributed by atoms with Crippen LogP contribution in [0.2, 0.25) is 0 Å². The van der Waals surface area contributed by atoms with Crippen molar-refractivity contribution in [1.29, 1.82) is 0 Å². The van der Waals surface area contributed by atoms with Crippen LogP contribution in [0.1, 0.15) is 6.92 Å². The molecule has 0 N–H and O–H groups in total. The Labute approximate surface area is 91.5 Å². The van der Waals surface area contributed by atoms with Crippen molar-refractivity contribution in [3.8, 4) is 0 Å². The highest BCUT2D eigenvalue weighted by molar-refractivity contribution is 6.18. The summed E-state index contributed by atoms with van der Waals surface area (Å²) in [6.45, 7) is 2.51. The second-order valence-corrected chi connectivity index (χ2v) is 3.87. The molecule has 0 aromatic carbocycles. The topological polar surface area (TPSA) is 48.0 Å². The molecule has 2 heterocycles. The van der Waals surface area contributed by atoms with Gasteiger partial charge in [0.1, 0.15) is 0 Å². The quantitative estimate of drug-likeness (QED) is 0.751. The molecule has 0 saturated carbocycles. The number of rotatable bonds is 3. The zero-order chi connectivity index (χ0) is 10.8. The number of fused-ring (bicyclic) bond motifs is 1. The van der Waals surface area contributed by atoms with E-state index in [1.807, 2.05) is 6.92 Å². The van der Waals surface area contributed by atoms with Crippen molar-refractivity contribution in [2.24, 2.45) is 5.92 Å². The minimum atomic E-state index is -0.374. The van der Waals surface area contributed by atoms with Crippen LogP contribution in [0.3, 0.4) is 0 Å². The zero-order valence-corrected chi connectivity index (χ0v) is 9.07. The van der Waals surface area contributed by atoms with Crippen LogP contribution in [0.25, 0.3) is 11.2 Å². The Morgan fingerprint density at radius 1 is 1.67 bits per heavy atom. The lowest BCUT2D eigenvalue weighted by molar-refractivity contribution is 0.460. The van der Waals surface area contributed by atoms with Crippen LogP contribution >= 0.6 is 11.6 Å². The minimum absolute atomic E-state index is 0.215. The Kier molecular flexibility index (Phi) is 2.77. The van der Waals surface area contributed by atoms with Crippen LogP contribution in [-0.2, 0) is 6.54 Å². The maximum atomic E-state index is 11.5. The second-order valence-electron chi connectivity index (χ2n) is 3.56. The molecule has 5 heteroatoms. The first-order chi connectivity index (χ1) is 7.22. The summed E-state index contributed by atoms with van der Waals surface area (Å²) in [5.41, 5.74) is 1.10. The van der Waals surface area contributed by atoms with Gasteiger partial charge in [0.2, 0.25) is 0 Å². The molecule has 0 aliphatic carbocycles. The summed E-state index contributed by atoms with van der Waals surface area (Å²) in [5, 5.41) is 0. The zero-order valence-electron chi connectivity index (χ0n) is 8.31. The fraction of sp³-hybridized carbons (Fsp3) is 0.400. The van der Waals surface area contributed by atoms with Gasteiger partial charge in [-0.15, -0.1) is 11.6 Å². The monoisotopic (exact) mass is 226 g/mol. The predicted octanol–water partition coefficient (Wildman–Crippen LogP) is 1.86. The highest BCUT2D eigenvalue weighted by Crippen LogP contribution is 2.11. The molecular formula is C10H11ClN2O2. The van der Waals surface area contributed by atoms with Gasteiger partial charge in [0.15, 0.2) is 11.2 Å². The molecule has 0 aliphatic rings. The summed E-state index contributed by atoms with van der Waals surface area (Å²) in [5.74, 6) is 0.346. The first-order valence-corrected chi connectivity index (χ1v) is 5.26. The van der Waals surface area contributed by atoms with Crippen molar-refractivity contribution in [2.75, 3.05) is 5.88 Å². The van der Waals surface area contributed by atoms with E-state index >= 15 is 0 Å². The molecule has 80 valence electrons. The average molecular weight is 227 g/mol. The Morgan fingerprint density at radius 3 is 3.20 bits per heavy atom. The van der Waals surface area contributed by atoms with E-state index in [1.54, 1.807) is 18.3 Å². The van der Waals surface area contributed by atoms with Crippen LogP contribution in [0.5, 0.6) is 0 Å². The largest absolute Gasteiger partial charge is 0.421 e. The number of hydrogen-bond donors (Lipinski definition) is 0. The van der Waals surface area contributed by atoms with Crippen molar-refractivity contribution in [2.45, 2.75) is 13.5 Å². The molecule has 0 spiro atoms. The van der Waals surface area contributed by atoms with Crippen LogP contribution in [0.4, 0.5) is 0 Å². The van der Waals surface area contributed by atoms with E-state index in [0.29, 0.717) is 23.7 Å². The van der Waals surface area contributed by atoms with Crippen LogP contribution in [0.15, 0.2) is 27.5 Å². The van der Waals surface area contributed by atoms with Gasteiger partial charge in [0.25, 0.3) is 0 Å². The number of nitrogens with zero attached hydrogens (tertiary/aromatic N) is 2. The maximum absolute atomic E-state index is 11.5. The van der Waals surface area contributed by atoms with Gasteiger partial charge in [0, 0.05) is 18.6 Å². The van der Waals surface area contributed by atoms with Crippen molar-refractivity contribution in [1.82, 2.24) is 9.55 Å². The molecule has 0 amide bonds. The molecule has 1 unspecified atom stereocenters. The lowest BCUT2D eigenvalue weighted by Gasteiger charge is -2.06. The van der Waals surface area contributed by atoms with Crippen LogP contribution < -0.4 is 5.76 Å². The lowest BCUT2D eigenvalue weighted by atomic mass is 10.2. The van der Waals surface area contributed by atoms with Crippen LogP contribution in [-0.4, -0.2) is 15.4 Å². The van der Waals surface area contributed by atoms with Gasteiger partial charge in [-0.1, -0.05) is 6.92 Å². The Bertz CT molecular complexity index is 517. The van der Waals surface area contributed by atoms with Gasteiger partial charge >= 0.3 is 5.76 Å². The summed E-state index contributed by atoms with van der Waals surface area (Å²) in [6, 6.07) is 3.46. The number of aromatic nitrogens is 2. The molecule has 0 saturated heterocycles. The Balaban J connectivity index is 2.50. The van der Waals surface area contributed by atoms with E-state index in [2.05, 4.69) is 4.98 Å². The molecule has 0 aliphatic heterocycles. The van der Waals surface area contributed by atoms with Crippen molar-refractivity contribution >= 4 is 22.8 Å². The number of alkyl halides is 1. The first-order valence-electron chi connectivity index (χ1n) is 4.72. The maximum Gasteiger partial charge on any atom is 0.421 e. The summed E-state index contributed by atoms with van der Waals surface area (Å²) in [6.07, 6.45) is 1.64. The molecule has 2 rings (SSSR count). The standard InChI is InChI=1S/C10H11ClN2O2/c1-7(5-11)6-13-9-8(15-10(13)14)3-2-4-12-9/h2-4,7H,5-6H2,1H3. The van der Waals surface area contributed by atoms with E-state index in [-0.39, 0.29) is 11.7 Å². The highest BCUT2D eigenvalue weighted by atomic mass is 35.5. The summed E-state index contributed by atoms with van der Waals surface area (Å²) in [7, 11) is 0. The molecule has 0 fully saturated rings. The summed E-state index contributed by atoms with van der Waals surface area (Å²) < 4.78 is 6.56. The van der Waals surface area contributed by atoms with Crippen molar-refractivity contribution in [3.63, 3.8) is 0 Å². The number of halogens is 1. The lowest BCUT2D eigenvalue weighted by Crippen LogP contribution is -2.19.